The van der Waals surface area contributed by atoms with Crippen LogP contribution in [0.2, 0.25) is 0 Å². The molecule has 2 unspecified atom stereocenters. The van der Waals surface area contributed by atoms with Crippen molar-refractivity contribution in [2.24, 2.45) is 5.41 Å². The lowest BCUT2D eigenvalue weighted by Crippen LogP contribution is -2.28. The molecule has 1 saturated heterocycles. The van der Waals surface area contributed by atoms with Crippen LogP contribution >= 0.6 is 18.7 Å². The predicted octanol–water partition coefficient (Wildman–Crippen LogP) is 5.82. The molecule has 156 valence electrons. The molecule has 0 aliphatic carbocycles. The highest BCUT2D eigenvalue weighted by Gasteiger charge is 2.42. The maximum absolute atomic E-state index is 13.9. The molecule has 0 saturated carbocycles. The van der Waals surface area contributed by atoms with Crippen molar-refractivity contribution in [1.82, 2.24) is 9.97 Å². The Kier molecular flexibility index (Phi) is 5.49. The number of hydrogen-bond donors (Lipinski definition) is 2. The van der Waals surface area contributed by atoms with Crippen LogP contribution in [-0.2, 0) is 9.09 Å². The van der Waals surface area contributed by atoms with Crippen molar-refractivity contribution in [2.75, 3.05) is 31.7 Å². The minimum Gasteiger partial charge on any atom is -0.497 e. The summed E-state index contributed by atoms with van der Waals surface area (Å²) in [6.45, 7) is 7.33. The molecule has 0 amide bonds. The van der Waals surface area contributed by atoms with Gasteiger partial charge in [-0.15, -0.1) is 11.3 Å². The molecule has 2 atom stereocenters. The van der Waals surface area contributed by atoms with Gasteiger partial charge in [0.15, 0.2) is 5.95 Å². The Hall–Kier alpha value is -1.82. The molecule has 29 heavy (non-hydrogen) atoms. The van der Waals surface area contributed by atoms with Gasteiger partial charge in [-0.1, -0.05) is 13.8 Å². The Morgan fingerprint density at radius 2 is 2.24 bits per heavy atom. The summed E-state index contributed by atoms with van der Waals surface area (Å²) in [5.41, 5.74) is 0.838. The molecule has 8 heteroatoms. The van der Waals surface area contributed by atoms with Gasteiger partial charge in [0.1, 0.15) is 5.75 Å². The number of ether oxygens (including phenoxy) is 1. The molecule has 6 nitrogen and oxygen atoms in total. The Labute approximate surface area is 175 Å². The first kappa shape index (κ1) is 20.5. The van der Waals surface area contributed by atoms with Crippen LogP contribution in [-0.4, -0.2) is 36.4 Å². The van der Waals surface area contributed by atoms with Crippen molar-refractivity contribution in [3.05, 3.63) is 41.0 Å². The first-order valence-corrected chi connectivity index (χ1v) is 12.5. The molecular weight excluding hydrogens is 405 g/mol. The standard InChI is InChI=1S/C21H28N3O3PS/c1-14-11-22-20(24-14)23-12-17(28(25)8-7-21(2,3)13-27-28)19-9-15-5-6-16(26-4)10-18(15)29-19/h5-6,9-11,17H,7-8,12-13H2,1-4H3,(H2,22,23,24). The van der Waals surface area contributed by atoms with Gasteiger partial charge in [0.2, 0.25) is 7.37 Å². The Balaban J connectivity index is 1.66. The molecule has 0 radical (unpaired) electrons. The van der Waals surface area contributed by atoms with E-state index in [1.807, 2.05) is 19.1 Å². The number of aromatic amines is 1. The zero-order valence-electron chi connectivity index (χ0n) is 17.3. The molecule has 1 aliphatic heterocycles. The molecule has 1 aromatic carbocycles. The molecular formula is C21H28N3O3PS. The van der Waals surface area contributed by atoms with Crippen LogP contribution in [0.4, 0.5) is 5.95 Å². The van der Waals surface area contributed by atoms with E-state index in [-0.39, 0.29) is 11.1 Å². The van der Waals surface area contributed by atoms with Crippen LogP contribution in [0.25, 0.3) is 10.1 Å². The van der Waals surface area contributed by atoms with Crippen LogP contribution in [0.5, 0.6) is 5.75 Å². The highest BCUT2D eigenvalue weighted by molar-refractivity contribution is 7.59. The van der Waals surface area contributed by atoms with Crippen LogP contribution in [0.1, 0.15) is 36.5 Å². The number of methoxy groups -OCH3 is 1. The van der Waals surface area contributed by atoms with Gasteiger partial charge in [0, 0.05) is 34.2 Å². The number of fused-ring (bicyclic) bond motifs is 1. The van der Waals surface area contributed by atoms with Crippen LogP contribution in [0.3, 0.4) is 0 Å². The van der Waals surface area contributed by atoms with Gasteiger partial charge in [-0.3, -0.25) is 4.57 Å². The minimum atomic E-state index is -2.85. The van der Waals surface area contributed by atoms with E-state index < -0.39 is 7.37 Å². The highest BCUT2D eigenvalue weighted by Crippen LogP contribution is 2.65. The minimum absolute atomic E-state index is 0.0670. The lowest BCUT2D eigenvalue weighted by Gasteiger charge is -2.37. The van der Waals surface area contributed by atoms with E-state index in [0.29, 0.717) is 25.3 Å². The topological polar surface area (TPSA) is 76.2 Å². The SMILES string of the molecule is COc1ccc2cc(C(CNc3ncc(C)[nH]3)P3(=O)CCC(C)(C)CO3)sc2c1. The van der Waals surface area contributed by atoms with Crippen molar-refractivity contribution in [3.8, 4) is 5.75 Å². The van der Waals surface area contributed by atoms with Crippen LogP contribution in [0, 0.1) is 12.3 Å². The van der Waals surface area contributed by atoms with Gasteiger partial charge in [-0.25, -0.2) is 4.98 Å². The first-order valence-electron chi connectivity index (χ1n) is 9.84. The zero-order chi connectivity index (χ0) is 20.6. The van der Waals surface area contributed by atoms with Gasteiger partial charge < -0.3 is 19.6 Å². The summed E-state index contributed by atoms with van der Waals surface area (Å²) in [6.07, 6.45) is 3.28. The average molecular weight is 434 g/mol. The maximum atomic E-state index is 13.9. The summed E-state index contributed by atoms with van der Waals surface area (Å²) in [5.74, 6) is 1.52. The van der Waals surface area contributed by atoms with Gasteiger partial charge in [0.05, 0.1) is 19.4 Å². The monoisotopic (exact) mass is 433 g/mol. The summed E-state index contributed by atoms with van der Waals surface area (Å²) in [7, 11) is -1.18. The third kappa shape index (κ3) is 4.37. The molecule has 0 spiro atoms. The van der Waals surface area contributed by atoms with E-state index in [1.54, 1.807) is 24.6 Å². The Bertz CT molecular complexity index is 1040. The van der Waals surface area contributed by atoms with Crippen LogP contribution < -0.4 is 10.1 Å². The molecule has 3 aromatic rings. The second kappa shape index (κ2) is 7.78. The Morgan fingerprint density at radius 1 is 1.41 bits per heavy atom. The van der Waals surface area contributed by atoms with Crippen molar-refractivity contribution < 1.29 is 13.8 Å². The third-order valence-corrected chi connectivity index (χ3v) is 9.70. The number of imidazole rings is 1. The zero-order valence-corrected chi connectivity index (χ0v) is 19.0. The number of anilines is 1. The van der Waals surface area contributed by atoms with Gasteiger partial charge in [0.25, 0.3) is 0 Å². The van der Waals surface area contributed by atoms with E-state index in [1.165, 1.54) is 0 Å². The molecule has 1 fully saturated rings. The van der Waals surface area contributed by atoms with Crippen LogP contribution in [0.15, 0.2) is 30.5 Å². The fourth-order valence-electron chi connectivity index (χ4n) is 3.58. The number of thiophene rings is 1. The van der Waals surface area contributed by atoms with E-state index in [0.717, 1.165) is 32.8 Å². The van der Waals surface area contributed by atoms with Gasteiger partial charge >= 0.3 is 0 Å². The summed E-state index contributed by atoms with van der Waals surface area (Å²) in [6, 6.07) is 8.18. The molecule has 2 aromatic heterocycles. The van der Waals surface area contributed by atoms with E-state index in [4.69, 9.17) is 9.26 Å². The van der Waals surface area contributed by atoms with Gasteiger partial charge in [-0.05, 0) is 48.4 Å². The number of hydrogen-bond acceptors (Lipinski definition) is 6. The maximum Gasteiger partial charge on any atom is 0.213 e. The number of aryl methyl sites for hydroxylation is 1. The van der Waals surface area contributed by atoms with Crippen molar-refractivity contribution in [2.45, 2.75) is 32.9 Å². The molecule has 4 rings (SSSR count). The largest absolute Gasteiger partial charge is 0.497 e. The van der Waals surface area contributed by atoms with Crippen molar-refractivity contribution in [3.63, 3.8) is 0 Å². The summed E-state index contributed by atoms with van der Waals surface area (Å²) >= 11 is 1.66. The van der Waals surface area contributed by atoms with E-state index in [9.17, 15) is 4.57 Å². The number of benzene rings is 1. The van der Waals surface area contributed by atoms with Gasteiger partial charge in [-0.2, -0.15) is 0 Å². The predicted molar refractivity (Wildman–Crippen MR) is 120 cm³/mol. The number of rotatable bonds is 6. The quantitative estimate of drug-likeness (QED) is 0.479. The summed E-state index contributed by atoms with van der Waals surface area (Å²) in [4.78, 5) is 8.59. The van der Waals surface area contributed by atoms with E-state index >= 15 is 0 Å². The van der Waals surface area contributed by atoms with Crippen molar-refractivity contribution in [1.29, 1.82) is 0 Å². The highest BCUT2D eigenvalue weighted by atomic mass is 32.1. The third-order valence-electron chi connectivity index (χ3n) is 5.49. The average Bonchev–Trinajstić information content (AvgIpc) is 3.30. The summed E-state index contributed by atoms with van der Waals surface area (Å²) in [5, 5.41) is 4.47. The fourth-order valence-corrected chi connectivity index (χ4v) is 8.23. The fraction of sp³-hybridized carbons (Fsp3) is 0.476. The number of H-pyrrole nitrogens is 1. The second-order valence-electron chi connectivity index (χ2n) is 8.50. The number of nitrogens with zero attached hydrogens (tertiary/aromatic N) is 1. The molecule has 2 N–H and O–H groups in total. The molecule has 0 bridgehead atoms. The normalized spacial score (nSPS) is 22.5. The molecule has 3 heterocycles. The second-order valence-corrected chi connectivity index (χ2v) is 12.4. The lowest BCUT2D eigenvalue weighted by atomic mass is 9.92. The Morgan fingerprint density at radius 3 is 2.90 bits per heavy atom. The first-order chi connectivity index (χ1) is 13.8. The summed E-state index contributed by atoms with van der Waals surface area (Å²) < 4.78 is 26.5. The molecule has 1 aliphatic rings. The number of nitrogens with one attached hydrogen (secondary N) is 2. The smallest absolute Gasteiger partial charge is 0.213 e. The van der Waals surface area contributed by atoms with Crippen molar-refractivity contribution >= 4 is 34.7 Å². The number of aromatic nitrogens is 2. The van der Waals surface area contributed by atoms with E-state index in [2.05, 4.69) is 41.3 Å². The lowest BCUT2D eigenvalue weighted by molar-refractivity contribution is 0.152.